The molecule has 1 N–H and O–H groups in total. The van der Waals surface area contributed by atoms with E-state index in [4.69, 9.17) is 0 Å². The topological polar surface area (TPSA) is 41.0 Å². The van der Waals surface area contributed by atoms with Gasteiger partial charge in [-0.3, -0.25) is 0 Å². The van der Waals surface area contributed by atoms with Crippen LogP contribution < -0.4 is 10.2 Å². The number of nitrogens with zero attached hydrogens (tertiary/aromatic N) is 3. The van der Waals surface area contributed by atoms with E-state index >= 15 is 0 Å². The Balaban J connectivity index is 2.21. The highest BCUT2D eigenvalue weighted by molar-refractivity contribution is 7.13. The van der Waals surface area contributed by atoms with Crippen molar-refractivity contribution in [3.8, 4) is 0 Å². The van der Waals surface area contributed by atoms with Crippen molar-refractivity contribution in [2.45, 2.75) is 19.4 Å². The molecule has 1 aliphatic rings. The van der Waals surface area contributed by atoms with E-state index < -0.39 is 0 Å². The fourth-order valence-electron chi connectivity index (χ4n) is 1.62. The second-order valence-corrected chi connectivity index (χ2v) is 4.67. The first kappa shape index (κ1) is 8.90. The molecule has 0 aromatic carbocycles. The zero-order valence-corrected chi connectivity index (χ0v) is 8.77. The number of rotatable bonds is 1. The lowest BCUT2D eigenvalue weighted by atomic mass is 10.0. The fourth-order valence-corrected chi connectivity index (χ4v) is 2.37. The summed E-state index contributed by atoms with van der Waals surface area (Å²) in [6.45, 7) is 7.50. The molecule has 5 heteroatoms. The second kappa shape index (κ2) is 3.23. The average molecular weight is 198 g/mol. The average Bonchev–Trinajstić information content (AvgIpc) is 2.55. The van der Waals surface area contributed by atoms with Gasteiger partial charge in [-0.25, -0.2) is 0 Å². The third-order valence-corrected chi connectivity index (χ3v) is 3.09. The van der Waals surface area contributed by atoms with Crippen LogP contribution in [0, 0.1) is 0 Å². The molecule has 0 spiro atoms. The largest absolute Gasteiger partial charge is 0.339 e. The molecule has 2 rings (SSSR count). The minimum atomic E-state index is 0.151. The van der Waals surface area contributed by atoms with Gasteiger partial charge in [-0.15, -0.1) is 10.2 Å². The Kier molecular flexibility index (Phi) is 2.21. The van der Waals surface area contributed by atoms with Gasteiger partial charge in [0.2, 0.25) is 5.13 Å². The Morgan fingerprint density at radius 3 is 3.08 bits per heavy atom. The lowest BCUT2D eigenvalue weighted by molar-refractivity contribution is 0.379. The molecule has 72 valence electrons. The van der Waals surface area contributed by atoms with E-state index in [-0.39, 0.29) is 5.54 Å². The molecule has 1 aliphatic heterocycles. The Hall–Kier alpha value is -0.680. The van der Waals surface area contributed by atoms with Gasteiger partial charge in [-0.1, -0.05) is 11.3 Å². The second-order valence-electron chi connectivity index (χ2n) is 3.86. The van der Waals surface area contributed by atoms with Gasteiger partial charge in [0.1, 0.15) is 5.51 Å². The molecule has 0 saturated carbocycles. The van der Waals surface area contributed by atoms with Crippen molar-refractivity contribution >= 4 is 16.5 Å². The maximum atomic E-state index is 4.10. The van der Waals surface area contributed by atoms with Crippen molar-refractivity contribution in [3.05, 3.63) is 5.51 Å². The molecule has 4 nitrogen and oxygen atoms in total. The van der Waals surface area contributed by atoms with Crippen LogP contribution in [-0.4, -0.2) is 35.4 Å². The molecule has 0 atom stereocenters. The van der Waals surface area contributed by atoms with Crippen LogP contribution in [0.1, 0.15) is 13.8 Å². The number of aromatic nitrogens is 2. The fraction of sp³-hybridized carbons (Fsp3) is 0.750. The smallest absolute Gasteiger partial charge is 0.208 e. The minimum Gasteiger partial charge on any atom is -0.339 e. The van der Waals surface area contributed by atoms with Crippen molar-refractivity contribution < 1.29 is 0 Å². The van der Waals surface area contributed by atoms with Crippen LogP contribution in [0.4, 0.5) is 5.13 Å². The first-order valence-electron chi connectivity index (χ1n) is 4.45. The molecule has 13 heavy (non-hydrogen) atoms. The van der Waals surface area contributed by atoms with E-state index in [1.165, 1.54) is 0 Å². The van der Waals surface area contributed by atoms with Crippen LogP contribution in [0.5, 0.6) is 0 Å². The van der Waals surface area contributed by atoms with Crippen molar-refractivity contribution in [2.24, 2.45) is 0 Å². The van der Waals surface area contributed by atoms with Crippen molar-refractivity contribution in [2.75, 3.05) is 24.5 Å². The third-order valence-electron chi connectivity index (χ3n) is 2.38. The lowest BCUT2D eigenvalue weighted by Gasteiger charge is -2.42. The van der Waals surface area contributed by atoms with Crippen LogP contribution in [0.15, 0.2) is 5.51 Å². The molecule has 0 bridgehead atoms. The summed E-state index contributed by atoms with van der Waals surface area (Å²) in [6.07, 6.45) is 0. The van der Waals surface area contributed by atoms with Gasteiger partial charge in [0, 0.05) is 25.2 Å². The number of nitrogens with one attached hydrogen (secondary N) is 1. The molecule has 1 saturated heterocycles. The highest BCUT2D eigenvalue weighted by Gasteiger charge is 2.31. The molecule has 0 radical (unpaired) electrons. The molecular formula is C8H14N4S. The van der Waals surface area contributed by atoms with Gasteiger partial charge in [-0.05, 0) is 13.8 Å². The lowest BCUT2D eigenvalue weighted by Crippen LogP contribution is -2.58. The van der Waals surface area contributed by atoms with E-state index in [2.05, 4.69) is 34.3 Å². The van der Waals surface area contributed by atoms with E-state index in [0.717, 1.165) is 24.8 Å². The normalized spacial score (nSPS) is 21.8. The highest BCUT2D eigenvalue weighted by Crippen LogP contribution is 2.25. The Morgan fingerprint density at radius 1 is 1.62 bits per heavy atom. The summed E-state index contributed by atoms with van der Waals surface area (Å²) in [5.41, 5.74) is 1.94. The van der Waals surface area contributed by atoms with Gasteiger partial charge < -0.3 is 10.2 Å². The summed E-state index contributed by atoms with van der Waals surface area (Å²) in [5, 5.41) is 12.4. The highest BCUT2D eigenvalue weighted by atomic mass is 32.1. The van der Waals surface area contributed by atoms with Crippen LogP contribution in [-0.2, 0) is 0 Å². The number of hydrogen-bond acceptors (Lipinski definition) is 5. The standard InChI is InChI=1S/C8H14N4S/c1-8(2)5-9-3-4-12(8)7-11-10-6-13-7/h6,9H,3-5H2,1-2H3. The first-order chi connectivity index (χ1) is 6.20. The Labute approximate surface area is 82.0 Å². The predicted molar refractivity (Wildman–Crippen MR) is 54.2 cm³/mol. The maximum absolute atomic E-state index is 4.10. The molecule has 1 aromatic rings. The summed E-state index contributed by atoms with van der Waals surface area (Å²) in [6, 6.07) is 0. The summed E-state index contributed by atoms with van der Waals surface area (Å²) in [5.74, 6) is 0. The monoisotopic (exact) mass is 198 g/mol. The third kappa shape index (κ3) is 1.66. The van der Waals surface area contributed by atoms with Crippen LogP contribution in [0.25, 0.3) is 0 Å². The SMILES string of the molecule is CC1(C)CNCCN1c1nncs1. The van der Waals surface area contributed by atoms with E-state index in [1.807, 2.05) is 0 Å². The van der Waals surface area contributed by atoms with Gasteiger partial charge in [0.05, 0.1) is 0 Å². The molecule has 1 aromatic heterocycles. The van der Waals surface area contributed by atoms with Gasteiger partial charge in [-0.2, -0.15) is 0 Å². The van der Waals surface area contributed by atoms with E-state index in [9.17, 15) is 0 Å². The Morgan fingerprint density at radius 2 is 2.46 bits per heavy atom. The Bertz CT molecular complexity index is 270. The van der Waals surface area contributed by atoms with Crippen molar-refractivity contribution in [1.82, 2.24) is 15.5 Å². The van der Waals surface area contributed by atoms with Gasteiger partial charge in [0.25, 0.3) is 0 Å². The van der Waals surface area contributed by atoms with Crippen LogP contribution >= 0.6 is 11.3 Å². The van der Waals surface area contributed by atoms with Crippen LogP contribution in [0.2, 0.25) is 0 Å². The molecule has 0 unspecified atom stereocenters. The number of hydrogen-bond donors (Lipinski definition) is 1. The van der Waals surface area contributed by atoms with Gasteiger partial charge in [0.15, 0.2) is 0 Å². The zero-order valence-electron chi connectivity index (χ0n) is 7.95. The predicted octanol–water partition coefficient (Wildman–Crippen LogP) is 0.726. The summed E-state index contributed by atoms with van der Waals surface area (Å²) in [7, 11) is 0. The molecule has 2 heterocycles. The van der Waals surface area contributed by atoms with E-state index in [1.54, 1.807) is 16.8 Å². The first-order valence-corrected chi connectivity index (χ1v) is 5.33. The summed E-state index contributed by atoms with van der Waals surface area (Å²) in [4.78, 5) is 2.32. The van der Waals surface area contributed by atoms with Crippen molar-refractivity contribution in [1.29, 1.82) is 0 Å². The number of piperazine rings is 1. The maximum Gasteiger partial charge on any atom is 0.208 e. The molecule has 0 aliphatic carbocycles. The molecule has 1 fully saturated rings. The quantitative estimate of drug-likeness (QED) is 0.722. The molecule has 0 amide bonds. The van der Waals surface area contributed by atoms with Crippen molar-refractivity contribution in [3.63, 3.8) is 0 Å². The van der Waals surface area contributed by atoms with Crippen LogP contribution in [0.3, 0.4) is 0 Å². The zero-order chi connectivity index (χ0) is 9.31. The minimum absolute atomic E-state index is 0.151. The van der Waals surface area contributed by atoms with E-state index in [0.29, 0.717) is 0 Å². The van der Waals surface area contributed by atoms with Gasteiger partial charge >= 0.3 is 0 Å². The summed E-state index contributed by atoms with van der Waals surface area (Å²) >= 11 is 1.61. The summed E-state index contributed by atoms with van der Waals surface area (Å²) < 4.78 is 0. The number of anilines is 1. The molecular weight excluding hydrogens is 184 g/mol.